The van der Waals surface area contributed by atoms with E-state index in [1.165, 1.54) is 19.3 Å². The van der Waals surface area contributed by atoms with Crippen molar-refractivity contribution in [2.24, 2.45) is 5.73 Å². The number of hydrogen-bond acceptors (Lipinski definition) is 4. The average Bonchev–Trinajstić information content (AvgIpc) is 2.33. The third kappa shape index (κ3) is 2.99. The van der Waals surface area contributed by atoms with Crippen LogP contribution in [0.2, 0.25) is 0 Å². The molecule has 0 bridgehead atoms. The number of nitrogens with one attached hydrogen (secondary N) is 1. The SMILES string of the molecule is CN(Cc1cccnc1C(=N)N)CC1(N(C)C)CCC1. The van der Waals surface area contributed by atoms with Crippen LogP contribution in [0.15, 0.2) is 18.3 Å². The fourth-order valence-corrected chi connectivity index (χ4v) is 2.99. The average molecular weight is 275 g/mol. The second kappa shape index (κ2) is 5.89. The van der Waals surface area contributed by atoms with Crippen molar-refractivity contribution < 1.29 is 0 Å². The summed E-state index contributed by atoms with van der Waals surface area (Å²) in [5.41, 5.74) is 7.54. The Kier molecular flexibility index (Phi) is 4.40. The number of rotatable bonds is 6. The molecule has 5 nitrogen and oxygen atoms in total. The van der Waals surface area contributed by atoms with Gasteiger partial charge in [0.05, 0.1) is 0 Å². The van der Waals surface area contributed by atoms with E-state index < -0.39 is 0 Å². The number of likely N-dealkylation sites (N-methyl/N-ethyl adjacent to an activating group) is 2. The zero-order valence-corrected chi connectivity index (χ0v) is 12.7. The quantitative estimate of drug-likeness (QED) is 0.606. The molecule has 2 rings (SSSR count). The van der Waals surface area contributed by atoms with E-state index in [0.29, 0.717) is 11.2 Å². The van der Waals surface area contributed by atoms with Gasteiger partial charge in [-0.25, -0.2) is 0 Å². The number of nitrogen functional groups attached to an aromatic ring is 1. The predicted octanol–water partition coefficient (Wildman–Crippen LogP) is 1.28. The van der Waals surface area contributed by atoms with Crippen LogP contribution in [0, 0.1) is 5.41 Å². The molecule has 3 N–H and O–H groups in total. The van der Waals surface area contributed by atoms with E-state index in [0.717, 1.165) is 18.7 Å². The van der Waals surface area contributed by atoms with E-state index in [2.05, 4.69) is 35.9 Å². The second-order valence-electron chi connectivity index (χ2n) is 6.07. The van der Waals surface area contributed by atoms with Gasteiger partial charge in [0.1, 0.15) is 11.5 Å². The molecule has 0 unspecified atom stereocenters. The topological polar surface area (TPSA) is 69.2 Å². The normalized spacial score (nSPS) is 17.2. The Hall–Kier alpha value is -1.46. The number of amidine groups is 1. The highest BCUT2D eigenvalue weighted by Gasteiger charge is 2.39. The summed E-state index contributed by atoms with van der Waals surface area (Å²) >= 11 is 0. The van der Waals surface area contributed by atoms with Gasteiger partial charge in [0.25, 0.3) is 0 Å². The first-order valence-corrected chi connectivity index (χ1v) is 7.09. The lowest BCUT2D eigenvalue weighted by molar-refractivity contribution is 0.0258. The van der Waals surface area contributed by atoms with E-state index in [-0.39, 0.29) is 5.84 Å². The van der Waals surface area contributed by atoms with Crippen molar-refractivity contribution in [1.82, 2.24) is 14.8 Å². The van der Waals surface area contributed by atoms with Gasteiger partial charge in [0.15, 0.2) is 0 Å². The first kappa shape index (κ1) is 14.9. The monoisotopic (exact) mass is 275 g/mol. The zero-order valence-electron chi connectivity index (χ0n) is 12.7. The predicted molar refractivity (Wildman–Crippen MR) is 81.9 cm³/mol. The van der Waals surface area contributed by atoms with E-state index in [1.54, 1.807) is 6.20 Å². The molecule has 20 heavy (non-hydrogen) atoms. The fourth-order valence-electron chi connectivity index (χ4n) is 2.99. The van der Waals surface area contributed by atoms with Crippen LogP contribution in [0.1, 0.15) is 30.5 Å². The number of nitrogens with two attached hydrogens (primary N) is 1. The first-order valence-electron chi connectivity index (χ1n) is 7.09. The Balaban J connectivity index is 2.05. The smallest absolute Gasteiger partial charge is 0.142 e. The Labute approximate surface area is 121 Å². The minimum absolute atomic E-state index is 0.0416. The van der Waals surface area contributed by atoms with E-state index in [9.17, 15) is 0 Å². The van der Waals surface area contributed by atoms with Gasteiger partial charge in [0.2, 0.25) is 0 Å². The van der Waals surface area contributed by atoms with Gasteiger partial charge in [0, 0.05) is 24.8 Å². The minimum Gasteiger partial charge on any atom is -0.382 e. The molecule has 1 aliphatic carbocycles. The summed E-state index contributed by atoms with van der Waals surface area (Å²) in [6.45, 7) is 1.81. The van der Waals surface area contributed by atoms with Gasteiger partial charge >= 0.3 is 0 Å². The Morgan fingerprint density at radius 1 is 1.40 bits per heavy atom. The minimum atomic E-state index is 0.0416. The summed E-state index contributed by atoms with van der Waals surface area (Å²) < 4.78 is 0. The molecule has 0 radical (unpaired) electrons. The number of pyridine rings is 1. The van der Waals surface area contributed by atoms with E-state index in [1.807, 2.05) is 12.1 Å². The van der Waals surface area contributed by atoms with Crippen molar-refractivity contribution in [2.75, 3.05) is 27.7 Å². The summed E-state index contributed by atoms with van der Waals surface area (Å²) in [6, 6.07) is 3.91. The molecule has 5 heteroatoms. The van der Waals surface area contributed by atoms with E-state index >= 15 is 0 Å². The van der Waals surface area contributed by atoms with Gasteiger partial charge in [-0.1, -0.05) is 6.07 Å². The summed E-state index contributed by atoms with van der Waals surface area (Å²) in [4.78, 5) is 8.87. The Morgan fingerprint density at radius 3 is 2.60 bits per heavy atom. The summed E-state index contributed by atoms with van der Waals surface area (Å²) in [5.74, 6) is 0.0416. The van der Waals surface area contributed by atoms with Crippen LogP contribution < -0.4 is 5.73 Å². The number of nitrogens with zero attached hydrogens (tertiary/aromatic N) is 3. The summed E-state index contributed by atoms with van der Waals surface area (Å²) in [7, 11) is 6.45. The van der Waals surface area contributed by atoms with Crippen LogP contribution in [0.25, 0.3) is 0 Å². The van der Waals surface area contributed by atoms with Crippen LogP contribution >= 0.6 is 0 Å². The lowest BCUT2D eigenvalue weighted by Gasteiger charge is -2.49. The molecular weight excluding hydrogens is 250 g/mol. The molecule has 0 aliphatic heterocycles. The van der Waals surface area contributed by atoms with Crippen LogP contribution in [0.5, 0.6) is 0 Å². The molecule has 1 aromatic heterocycles. The van der Waals surface area contributed by atoms with Crippen molar-refractivity contribution in [2.45, 2.75) is 31.3 Å². The maximum absolute atomic E-state index is 7.60. The molecule has 0 atom stereocenters. The molecule has 1 fully saturated rings. The standard InChI is InChI=1S/C15H25N5/c1-19(2)15(7-5-8-15)11-20(3)10-12-6-4-9-18-13(12)14(16)17/h4,6,9H,5,7-8,10-11H2,1-3H3,(H3,16,17). The highest BCUT2D eigenvalue weighted by molar-refractivity contribution is 5.94. The Morgan fingerprint density at radius 2 is 2.10 bits per heavy atom. The van der Waals surface area contributed by atoms with Crippen molar-refractivity contribution in [3.05, 3.63) is 29.6 Å². The number of aromatic nitrogens is 1. The highest BCUT2D eigenvalue weighted by Crippen LogP contribution is 2.36. The van der Waals surface area contributed by atoms with Gasteiger partial charge in [-0.05, 0) is 52.0 Å². The molecule has 0 saturated heterocycles. The fraction of sp³-hybridized carbons (Fsp3) is 0.600. The van der Waals surface area contributed by atoms with Gasteiger partial charge in [-0.3, -0.25) is 10.4 Å². The molecule has 1 aliphatic rings. The largest absolute Gasteiger partial charge is 0.382 e. The third-order valence-corrected chi connectivity index (χ3v) is 4.38. The molecule has 0 aromatic carbocycles. The van der Waals surface area contributed by atoms with Crippen molar-refractivity contribution in [3.63, 3.8) is 0 Å². The molecular formula is C15H25N5. The van der Waals surface area contributed by atoms with Gasteiger partial charge in [-0.2, -0.15) is 0 Å². The van der Waals surface area contributed by atoms with Crippen molar-refractivity contribution in [1.29, 1.82) is 5.41 Å². The lowest BCUT2D eigenvalue weighted by Crippen LogP contribution is -2.56. The van der Waals surface area contributed by atoms with Crippen LogP contribution in [-0.4, -0.2) is 53.8 Å². The molecule has 0 amide bonds. The molecule has 1 aromatic rings. The maximum Gasteiger partial charge on any atom is 0.142 e. The first-order chi connectivity index (χ1) is 9.44. The second-order valence-corrected chi connectivity index (χ2v) is 6.07. The highest BCUT2D eigenvalue weighted by atomic mass is 15.2. The van der Waals surface area contributed by atoms with Crippen LogP contribution in [0.3, 0.4) is 0 Å². The molecule has 110 valence electrons. The van der Waals surface area contributed by atoms with Gasteiger partial charge in [-0.15, -0.1) is 0 Å². The number of hydrogen-bond donors (Lipinski definition) is 2. The summed E-state index contributed by atoms with van der Waals surface area (Å²) in [5, 5.41) is 7.60. The van der Waals surface area contributed by atoms with Gasteiger partial charge < -0.3 is 15.5 Å². The van der Waals surface area contributed by atoms with Crippen molar-refractivity contribution >= 4 is 5.84 Å². The zero-order chi connectivity index (χ0) is 14.8. The molecule has 1 heterocycles. The third-order valence-electron chi connectivity index (χ3n) is 4.38. The van der Waals surface area contributed by atoms with Crippen molar-refractivity contribution in [3.8, 4) is 0 Å². The maximum atomic E-state index is 7.60. The van der Waals surface area contributed by atoms with Crippen LogP contribution in [0.4, 0.5) is 0 Å². The Bertz CT molecular complexity index is 479. The molecule has 1 saturated carbocycles. The molecule has 0 spiro atoms. The summed E-state index contributed by atoms with van der Waals surface area (Å²) in [6.07, 6.45) is 5.53. The van der Waals surface area contributed by atoms with Crippen LogP contribution in [-0.2, 0) is 6.54 Å². The van der Waals surface area contributed by atoms with E-state index in [4.69, 9.17) is 11.1 Å². The lowest BCUT2D eigenvalue weighted by atomic mass is 9.75.